The number of aryl methyl sites for hydroxylation is 1. The maximum absolute atomic E-state index is 4.37. The number of rotatable bonds is 4. The van der Waals surface area contributed by atoms with Gasteiger partial charge in [0.25, 0.3) is 0 Å². The van der Waals surface area contributed by atoms with E-state index >= 15 is 0 Å². The topological polar surface area (TPSA) is 51.8 Å². The maximum atomic E-state index is 4.37. The second-order valence-corrected chi connectivity index (χ2v) is 6.39. The highest BCUT2D eigenvalue weighted by atomic mass is 32.1. The molecule has 0 N–H and O–H groups in total. The number of fused-ring (bicyclic) bond motifs is 1. The van der Waals surface area contributed by atoms with Crippen molar-refractivity contribution in [1.29, 1.82) is 0 Å². The van der Waals surface area contributed by atoms with Gasteiger partial charge in [-0.3, -0.25) is 9.58 Å². The van der Waals surface area contributed by atoms with Gasteiger partial charge in [-0.2, -0.15) is 16.4 Å². The lowest BCUT2D eigenvalue weighted by atomic mass is 10.2. The lowest BCUT2D eigenvalue weighted by Crippen LogP contribution is -2.23. The first-order valence-corrected chi connectivity index (χ1v) is 8.45. The van der Waals surface area contributed by atoms with Gasteiger partial charge in [-0.1, -0.05) is 5.21 Å². The van der Waals surface area contributed by atoms with Crippen LogP contribution in [0.5, 0.6) is 0 Å². The van der Waals surface area contributed by atoms with Gasteiger partial charge in [-0.05, 0) is 34.9 Å². The third-order valence-corrected chi connectivity index (χ3v) is 4.73. The van der Waals surface area contributed by atoms with Crippen molar-refractivity contribution in [3.63, 3.8) is 0 Å². The average Bonchev–Trinajstić information content (AvgIpc) is 3.24. The zero-order chi connectivity index (χ0) is 14.8. The summed E-state index contributed by atoms with van der Waals surface area (Å²) in [5.41, 5.74) is 3.64. The Kier molecular flexibility index (Phi) is 3.74. The van der Waals surface area contributed by atoms with Crippen molar-refractivity contribution in [3.05, 3.63) is 52.2 Å². The van der Waals surface area contributed by atoms with Crippen LogP contribution < -0.4 is 0 Å². The predicted octanol–water partition coefficient (Wildman–Crippen LogP) is 1.99. The highest BCUT2D eigenvalue weighted by Gasteiger charge is 2.20. The Bertz CT molecular complexity index is 715. The largest absolute Gasteiger partial charge is 0.293 e. The van der Waals surface area contributed by atoms with Gasteiger partial charge in [0.15, 0.2) is 0 Å². The average molecular weight is 314 g/mol. The molecule has 0 bridgehead atoms. The molecule has 22 heavy (non-hydrogen) atoms. The standard InChI is InChI=1S/C15H18N6S/c1-4-16-20(6-1)10-14-15-11-19(9-13-3-8-22-12-13)5-2-7-21(15)18-17-14/h1,3-4,6,8,12H,2,5,7,9-11H2. The normalized spacial score (nSPS) is 15.6. The molecule has 3 aromatic heterocycles. The van der Waals surface area contributed by atoms with E-state index in [0.29, 0.717) is 6.54 Å². The van der Waals surface area contributed by atoms with Crippen LogP contribution >= 0.6 is 11.3 Å². The third-order valence-electron chi connectivity index (χ3n) is 3.99. The number of hydrogen-bond acceptors (Lipinski definition) is 5. The molecule has 0 atom stereocenters. The third kappa shape index (κ3) is 2.82. The van der Waals surface area contributed by atoms with Crippen LogP contribution in [0.1, 0.15) is 23.4 Å². The highest BCUT2D eigenvalue weighted by Crippen LogP contribution is 2.18. The predicted molar refractivity (Wildman–Crippen MR) is 84.4 cm³/mol. The van der Waals surface area contributed by atoms with Gasteiger partial charge in [0.05, 0.1) is 12.2 Å². The summed E-state index contributed by atoms with van der Waals surface area (Å²) in [7, 11) is 0. The minimum atomic E-state index is 0.689. The van der Waals surface area contributed by atoms with Crippen molar-refractivity contribution in [1.82, 2.24) is 29.7 Å². The van der Waals surface area contributed by atoms with E-state index in [1.807, 2.05) is 16.9 Å². The molecular formula is C15H18N6S. The molecule has 1 aliphatic rings. The fraction of sp³-hybridized carbons (Fsp3) is 0.400. The monoisotopic (exact) mass is 314 g/mol. The van der Waals surface area contributed by atoms with E-state index in [1.54, 1.807) is 17.5 Å². The van der Waals surface area contributed by atoms with Gasteiger partial charge >= 0.3 is 0 Å². The second kappa shape index (κ2) is 6.02. The molecule has 4 heterocycles. The molecule has 7 heteroatoms. The molecule has 6 nitrogen and oxygen atoms in total. The van der Waals surface area contributed by atoms with Gasteiger partial charge in [-0.25, -0.2) is 4.68 Å². The first kappa shape index (κ1) is 13.7. The van der Waals surface area contributed by atoms with Crippen LogP contribution in [0, 0.1) is 0 Å². The second-order valence-electron chi connectivity index (χ2n) is 5.61. The van der Waals surface area contributed by atoms with Crippen molar-refractivity contribution in [3.8, 4) is 0 Å². The molecular weight excluding hydrogens is 296 g/mol. The Balaban J connectivity index is 1.55. The summed E-state index contributed by atoms with van der Waals surface area (Å²) in [4.78, 5) is 2.48. The Morgan fingerprint density at radius 1 is 1.23 bits per heavy atom. The van der Waals surface area contributed by atoms with E-state index in [-0.39, 0.29) is 0 Å². The fourth-order valence-electron chi connectivity index (χ4n) is 2.90. The van der Waals surface area contributed by atoms with Crippen molar-refractivity contribution in [2.75, 3.05) is 6.54 Å². The van der Waals surface area contributed by atoms with Crippen LogP contribution in [-0.4, -0.2) is 36.2 Å². The van der Waals surface area contributed by atoms with Crippen molar-refractivity contribution in [2.24, 2.45) is 0 Å². The van der Waals surface area contributed by atoms with Gasteiger partial charge in [0.2, 0.25) is 0 Å². The van der Waals surface area contributed by atoms with Crippen LogP contribution in [0.3, 0.4) is 0 Å². The van der Waals surface area contributed by atoms with Gasteiger partial charge in [-0.15, -0.1) is 5.10 Å². The molecule has 0 spiro atoms. The number of aromatic nitrogens is 5. The molecule has 0 saturated heterocycles. The van der Waals surface area contributed by atoms with Crippen LogP contribution in [-0.2, 0) is 26.2 Å². The number of nitrogens with zero attached hydrogens (tertiary/aromatic N) is 6. The van der Waals surface area contributed by atoms with E-state index in [1.165, 1.54) is 11.3 Å². The Morgan fingerprint density at radius 3 is 3.05 bits per heavy atom. The van der Waals surface area contributed by atoms with Crippen molar-refractivity contribution in [2.45, 2.75) is 32.6 Å². The maximum Gasteiger partial charge on any atom is 0.109 e. The molecule has 0 amide bonds. The Morgan fingerprint density at radius 2 is 2.23 bits per heavy atom. The van der Waals surface area contributed by atoms with E-state index in [9.17, 15) is 0 Å². The molecule has 3 aromatic rings. The van der Waals surface area contributed by atoms with Gasteiger partial charge in [0.1, 0.15) is 5.69 Å². The first-order chi connectivity index (χ1) is 10.9. The number of hydrogen-bond donors (Lipinski definition) is 0. The molecule has 0 aliphatic carbocycles. The lowest BCUT2D eigenvalue weighted by Gasteiger charge is -2.19. The molecule has 0 radical (unpaired) electrons. The lowest BCUT2D eigenvalue weighted by molar-refractivity contribution is 0.260. The molecule has 0 aromatic carbocycles. The summed E-state index contributed by atoms with van der Waals surface area (Å²) in [6.45, 7) is 4.63. The molecule has 0 unspecified atom stereocenters. The quantitative estimate of drug-likeness (QED) is 0.739. The van der Waals surface area contributed by atoms with Crippen molar-refractivity contribution < 1.29 is 0 Å². The Hall–Kier alpha value is -1.99. The SMILES string of the molecule is c1cnn(Cc2nnn3c2CN(Cc2ccsc2)CCC3)c1. The molecule has 0 fully saturated rings. The van der Waals surface area contributed by atoms with E-state index in [2.05, 4.69) is 41.8 Å². The Labute approximate surface area is 133 Å². The number of thiophene rings is 1. The van der Waals surface area contributed by atoms with Gasteiger partial charge < -0.3 is 0 Å². The molecule has 114 valence electrons. The van der Waals surface area contributed by atoms with Gasteiger partial charge in [0, 0.05) is 38.6 Å². The first-order valence-electron chi connectivity index (χ1n) is 7.50. The highest BCUT2D eigenvalue weighted by molar-refractivity contribution is 7.07. The molecule has 0 saturated carbocycles. The molecule has 1 aliphatic heterocycles. The van der Waals surface area contributed by atoms with Crippen LogP contribution in [0.2, 0.25) is 0 Å². The summed E-state index contributed by atoms with van der Waals surface area (Å²) in [5, 5.41) is 17.3. The van der Waals surface area contributed by atoms with Crippen LogP contribution in [0.15, 0.2) is 35.3 Å². The summed E-state index contributed by atoms with van der Waals surface area (Å²) in [6.07, 6.45) is 4.87. The summed E-state index contributed by atoms with van der Waals surface area (Å²) < 4.78 is 3.96. The van der Waals surface area contributed by atoms with E-state index in [0.717, 1.165) is 38.3 Å². The zero-order valence-corrected chi connectivity index (χ0v) is 13.1. The zero-order valence-electron chi connectivity index (χ0n) is 12.3. The van der Waals surface area contributed by atoms with Crippen molar-refractivity contribution >= 4 is 11.3 Å². The van der Waals surface area contributed by atoms with E-state index in [4.69, 9.17) is 0 Å². The summed E-state index contributed by atoms with van der Waals surface area (Å²) in [5.74, 6) is 0. The summed E-state index contributed by atoms with van der Waals surface area (Å²) in [6, 6.07) is 4.14. The van der Waals surface area contributed by atoms with Crippen LogP contribution in [0.25, 0.3) is 0 Å². The van der Waals surface area contributed by atoms with Crippen LogP contribution in [0.4, 0.5) is 0 Å². The molecule has 4 rings (SSSR count). The fourth-order valence-corrected chi connectivity index (χ4v) is 3.56. The van der Waals surface area contributed by atoms with E-state index < -0.39 is 0 Å². The minimum Gasteiger partial charge on any atom is -0.293 e. The minimum absolute atomic E-state index is 0.689. The smallest absolute Gasteiger partial charge is 0.109 e. The summed E-state index contributed by atoms with van der Waals surface area (Å²) >= 11 is 1.76.